The van der Waals surface area contributed by atoms with Gasteiger partial charge < -0.3 is 14.2 Å². The van der Waals surface area contributed by atoms with Crippen LogP contribution in [-0.2, 0) is 11.3 Å². The molecule has 1 aromatic carbocycles. The third kappa shape index (κ3) is 3.54. The van der Waals surface area contributed by atoms with Gasteiger partial charge in [0.15, 0.2) is 11.5 Å². The first-order chi connectivity index (χ1) is 11.3. The lowest BCUT2D eigenvalue weighted by Crippen LogP contribution is -2.28. The number of hydrogen-bond donors (Lipinski definition) is 1. The van der Waals surface area contributed by atoms with Crippen molar-refractivity contribution in [2.45, 2.75) is 25.8 Å². The molecule has 0 radical (unpaired) electrons. The van der Waals surface area contributed by atoms with Gasteiger partial charge in [0.05, 0.1) is 18.7 Å². The molecular formula is C19H19NO3. The predicted molar refractivity (Wildman–Crippen MR) is 87.7 cm³/mol. The highest BCUT2D eigenvalue weighted by atomic mass is 16.4. The van der Waals surface area contributed by atoms with E-state index in [0.29, 0.717) is 23.8 Å². The third-order valence-corrected chi connectivity index (χ3v) is 3.79. The molecule has 0 unspecified atom stereocenters. The Balaban J connectivity index is 1.62. The van der Waals surface area contributed by atoms with Crippen LogP contribution < -0.4 is 5.32 Å². The zero-order valence-corrected chi connectivity index (χ0v) is 13.0. The lowest BCUT2D eigenvalue weighted by Gasteiger charge is -2.14. The van der Waals surface area contributed by atoms with Gasteiger partial charge in [-0.05, 0) is 36.2 Å². The summed E-state index contributed by atoms with van der Waals surface area (Å²) in [5, 5.41) is 2.94. The number of carbonyl (C=O) groups is 1. The summed E-state index contributed by atoms with van der Waals surface area (Å²) in [5.74, 6) is 1.91. The highest BCUT2D eigenvalue weighted by molar-refractivity contribution is 5.83. The van der Waals surface area contributed by atoms with E-state index in [-0.39, 0.29) is 11.8 Å². The molecule has 0 bridgehead atoms. The monoisotopic (exact) mass is 309 g/mol. The standard InChI is InChI=1S/C19H19NO3/c1-2-16(14-7-4-3-5-8-14)19(21)20-13-15-10-11-18(23-15)17-9-6-12-22-17/h3-12,16H,2,13H2,1H3,(H,20,21)/t16-/m1/s1. The minimum atomic E-state index is -0.143. The number of furan rings is 2. The molecule has 1 N–H and O–H groups in total. The van der Waals surface area contributed by atoms with Crippen LogP contribution in [0.5, 0.6) is 0 Å². The van der Waals surface area contributed by atoms with Crippen molar-refractivity contribution in [3.8, 4) is 11.5 Å². The fourth-order valence-corrected chi connectivity index (χ4v) is 2.58. The van der Waals surface area contributed by atoms with E-state index < -0.39 is 0 Å². The van der Waals surface area contributed by atoms with Crippen LogP contribution in [0.3, 0.4) is 0 Å². The molecule has 2 heterocycles. The summed E-state index contributed by atoms with van der Waals surface area (Å²) < 4.78 is 11.0. The molecule has 1 amide bonds. The number of hydrogen-bond acceptors (Lipinski definition) is 3. The van der Waals surface area contributed by atoms with Crippen molar-refractivity contribution in [3.63, 3.8) is 0 Å². The largest absolute Gasteiger partial charge is 0.461 e. The molecule has 0 saturated heterocycles. The molecule has 3 aromatic rings. The topological polar surface area (TPSA) is 55.4 Å². The Morgan fingerprint density at radius 2 is 1.87 bits per heavy atom. The minimum absolute atomic E-state index is 0.00893. The lowest BCUT2D eigenvalue weighted by molar-refractivity contribution is -0.122. The first-order valence-electron chi connectivity index (χ1n) is 7.73. The van der Waals surface area contributed by atoms with Crippen LogP contribution >= 0.6 is 0 Å². The van der Waals surface area contributed by atoms with E-state index in [4.69, 9.17) is 8.83 Å². The highest BCUT2D eigenvalue weighted by Crippen LogP contribution is 2.23. The smallest absolute Gasteiger partial charge is 0.227 e. The molecule has 23 heavy (non-hydrogen) atoms. The van der Waals surface area contributed by atoms with Gasteiger partial charge in [-0.3, -0.25) is 4.79 Å². The molecule has 3 rings (SSSR count). The molecule has 4 heteroatoms. The molecule has 1 atom stereocenters. The van der Waals surface area contributed by atoms with Crippen molar-refractivity contribution in [1.29, 1.82) is 0 Å². The number of amides is 1. The van der Waals surface area contributed by atoms with Gasteiger partial charge in [0.2, 0.25) is 5.91 Å². The van der Waals surface area contributed by atoms with Crippen molar-refractivity contribution >= 4 is 5.91 Å². The van der Waals surface area contributed by atoms with E-state index in [9.17, 15) is 4.79 Å². The average molecular weight is 309 g/mol. The predicted octanol–water partition coefficient (Wildman–Crippen LogP) is 4.35. The van der Waals surface area contributed by atoms with E-state index in [1.54, 1.807) is 6.26 Å². The van der Waals surface area contributed by atoms with Gasteiger partial charge in [-0.25, -0.2) is 0 Å². The van der Waals surface area contributed by atoms with Gasteiger partial charge >= 0.3 is 0 Å². The molecular weight excluding hydrogens is 290 g/mol. The van der Waals surface area contributed by atoms with E-state index in [1.165, 1.54) is 0 Å². The van der Waals surface area contributed by atoms with Crippen LogP contribution in [0.15, 0.2) is 69.7 Å². The second kappa shape index (κ2) is 7.01. The van der Waals surface area contributed by atoms with Crippen LogP contribution in [0.2, 0.25) is 0 Å². The molecule has 2 aromatic heterocycles. The summed E-state index contributed by atoms with van der Waals surface area (Å²) in [6, 6.07) is 17.2. The summed E-state index contributed by atoms with van der Waals surface area (Å²) in [7, 11) is 0. The van der Waals surface area contributed by atoms with Gasteiger partial charge in [-0.2, -0.15) is 0 Å². The summed E-state index contributed by atoms with van der Waals surface area (Å²) in [5.41, 5.74) is 1.03. The normalized spacial score (nSPS) is 12.0. The van der Waals surface area contributed by atoms with Gasteiger partial charge in [0.25, 0.3) is 0 Å². The molecule has 0 spiro atoms. The number of benzene rings is 1. The fourth-order valence-electron chi connectivity index (χ4n) is 2.58. The first-order valence-corrected chi connectivity index (χ1v) is 7.73. The maximum absolute atomic E-state index is 12.4. The number of nitrogens with one attached hydrogen (secondary N) is 1. The van der Waals surface area contributed by atoms with Crippen LogP contribution in [0.4, 0.5) is 0 Å². The Labute approximate surface area is 135 Å². The Hall–Kier alpha value is -2.75. The molecule has 0 saturated carbocycles. The second-order valence-electron chi connectivity index (χ2n) is 5.33. The Bertz CT molecular complexity index is 744. The van der Waals surface area contributed by atoms with E-state index in [0.717, 1.165) is 12.0 Å². The summed E-state index contributed by atoms with van der Waals surface area (Å²) in [6.07, 6.45) is 2.36. The lowest BCUT2D eigenvalue weighted by atomic mass is 9.96. The molecule has 0 aliphatic rings. The first kappa shape index (κ1) is 15.2. The molecule has 118 valence electrons. The quantitative estimate of drug-likeness (QED) is 0.736. The van der Waals surface area contributed by atoms with Gasteiger partial charge in [-0.15, -0.1) is 0 Å². The maximum Gasteiger partial charge on any atom is 0.227 e. The Morgan fingerprint density at radius 1 is 1.04 bits per heavy atom. The fraction of sp³-hybridized carbons (Fsp3) is 0.211. The third-order valence-electron chi connectivity index (χ3n) is 3.79. The van der Waals surface area contributed by atoms with Crippen LogP contribution in [0, 0.1) is 0 Å². The van der Waals surface area contributed by atoms with E-state index in [1.807, 2.05) is 61.5 Å². The molecule has 0 fully saturated rings. The number of carbonyl (C=O) groups excluding carboxylic acids is 1. The zero-order chi connectivity index (χ0) is 16.1. The maximum atomic E-state index is 12.4. The highest BCUT2D eigenvalue weighted by Gasteiger charge is 2.18. The van der Waals surface area contributed by atoms with Crippen molar-refractivity contribution in [1.82, 2.24) is 5.32 Å². The van der Waals surface area contributed by atoms with Crippen LogP contribution in [0.25, 0.3) is 11.5 Å². The Kier molecular flexibility index (Phi) is 4.62. The average Bonchev–Trinajstić information content (AvgIpc) is 3.26. The minimum Gasteiger partial charge on any atom is -0.461 e. The van der Waals surface area contributed by atoms with Gasteiger partial charge in [0.1, 0.15) is 5.76 Å². The van der Waals surface area contributed by atoms with E-state index in [2.05, 4.69) is 5.32 Å². The number of rotatable bonds is 6. The molecule has 0 aliphatic heterocycles. The summed E-state index contributed by atoms with van der Waals surface area (Å²) >= 11 is 0. The van der Waals surface area contributed by atoms with Crippen molar-refractivity contribution < 1.29 is 13.6 Å². The van der Waals surface area contributed by atoms with Crippen LogP contribution in [0.1, 0.15) is 30.6 Å². The summed E-state index contributed by atoms with van der Waals surface area (Å²) in [6.45, 7) is 2.38. The molecule has 4 nitrogen and oxygen atoms in total. The van der Waals surface area contributed by atoms with Crippen LogP contribution in [-0.4, -0.2) is 5.91 Å². The summed E-state index contributed by atoms with van der Waals surface area (Å²) in [4.78, 5) is 12.4. The van der Waals surface area contributed by atoms with Crippen molar-refractivity contribution in [2.24, 2.45) is 0 Å². The van der Waals surface area contributed by atoms with Gasteiger partial charge in [0, 0.05) is 0 Å². The van der Waals surface area contributed by atoms with Gasteiger partial charge in [-0.1, -0.05) is 37.3 Å². The van der Waals surface area contributed by atoms with E-state index >= 15 is 0 Å². The SMILES string of the molecule is CC[C@@H](C(=O)NCc1ccc(-c2ccco2)o1)c1ccccc1. The van der Waals surface area contributed by atoms with Crippen molar-refractivity contribution in [2.75, 3.05) is 0 Å². The zero-order valence-electron chi connectivity index (χ0n) is 13.0. The Morgan fingerprint density at radius 3 is 2.57 bits per heavy atom. The molecule has 0 aliphatic carbocycles. The van der Waals surface area contributed by atoms with Crippen molar-refractivity contribution in [3.05, 3.63) is 72.2 Å². The second-order valence-corrected chi connectivity index (χ2v) is 5.33.